The number of hydrogen-bond donors (Lipinski definition) is 0. The third-order valence-electron chi connectivity index (χ3n) is 5.94. The average Bonchev–Trinajstić information content (AvgIpc) is 3.29. The summed E-state index contributed by atoms with van der Waals surface area (Å²) < 4.78 is 18.4. The number of nitrogens with zero attached hydrogens (tertiary/aromatic N) is 2. The zero-order chi connectivity index (χ0) is 20.4. The van der Waals surface area contributed by atoms with Gasteiger partial charge in [0.2, 0.25) is 0 Å². The zero-order valence-corrected chi connectivity index (χ0v) is 17.3. The summed E-state index contributed by atoms with van der Waals surface area (Å²) in [6, 6.07) is 9.70. The van der Waals surface area contributed by atoms with Gasteiger partial charge in [0.15, 0.2) is 17.1 Å². The highest BCUT2D eigenvalue weighted by molar-refractivity contribution is 5.97. The second-order valence-electron chi connectivity index (χ2n) is 7.77. The number of amides is 1. The fourth-order valence-electron chi connectivity index (χ4n) is 3.91. The second-order valence-corrected chi connectivity index (χ2v) is 7.77. The first-order valence-electron chi connectivity index (χ1n) is 10.1. The van der Waals surface area contributed by atoms with Crippen LogP contribution < -0.4 is 9.47 Å². The number of fused-ring (bicyclic) bond motifs is 1. The molecule has 1 fully saturated rings. The van der Waals surface area contributed by atoms with Gasteiger partial charge in [0.25, 0.3) is 5.91 Å². The maximum absolute atomic E-state index is 13.2. The SMILES string of the molecule is COc1ccc(CCN(C)C(=O)c2cc3occc3n2CC2CCC2)cc1OC. The molecular formula is C23H28N2O4. The Morgan fingerprint density at radius 2 is 1.97 bits per heavy atom. The Labute approximate surface area is 171 Å². The van der Waals surface area contributed by atoms with Crippen molar-refractivity contribution in [3.05, 3.63) is 47.9 Å². The number of furan rings is 1. The van der Waals surface area contributed by atoms with Crippen LogP contribution in [0.25, 0.3) is 11.1 Å². The Kier molecular flexibility index (Phi) is 5.51. The topological polar surface area (TPSA) is 56.8 Å². The second kappa shape index (κ2) is 8.23. The van der Waals surface area contributed by atoms with E-state index in [1.165, 1.54) is 19.3 Å². The number of carbonyl (C=O) groups excluding carboxylic acids is 1. The molecule has 1 saturated carbocycles. The molecule has 0 radical (unpaired) electrons. The fourth-order valence-corrected chi connectivity index (χ4v) is 3.91. The van der Waals surface area contributed by atoms with E-state index in [1.54, 1.807) is 25.4 Å². The van der Waals surface area contributed by atoms with Crippen molar-refractivity contribution in [1.82, 2.24) is 9.47 Å². The van der Waals surface area contributed by atoms with E-state index >= 15 is 0 Å². The molecule has 1 aliphatic rings. The number of aromatic nitrogens is 1. The van der Waals surface area contributed by atoms with Crippen molar-refractivity contribution in [1.29, 1.82) is 0 Å². The molecule has 3 aromatic rings. The van der Waals surface area contributed by atoms with Crippen molar-refractivity contribution in [2.75, 3.05) is 27.8 Å². The van der Waals surface area contributed by atoms with Crippen LogP contribution in [0.3, 0.4) is 0 Å². The highest BCUT2D eigenvalue weighted by atomic mass is 16.5. The van der Waals surface area contributed by atoms with E-state index in [-0.39, 0.29) is 5.91 Å². The molecule has 154 valence electrons. The number of benzene rings is 1. The van der Waals surface area contributed by atoms with Crippen molar-refractivity contribution in [2.24, 2.45) is 5.92 Å². The highest BCUT2D eigenvalue weighted by Gasteiger charge is 2.25. The summed E-state index contributed by atoms with van der Waals surface area (Å²) in [4.78, 5) is 15.0. The number of methoxy groups -OCH3 is 2. The van der Waals surface area contributed by atoms with Gasteiger partial charge >= 0.3 is 0 Å². The van der Waals surface area contributed by atoms with Crippen LogP contribution >= 0.6 is 0 Å². The van der Waals surface area contributed by atoms with Crippen molar-refractivity contribution in [3.63, 3.8) is 0 Å². The molecule has 0 bridgehead atoms. The van der Waals surface area contributed by atoms with E-state index in [0.29, 0.717) is 29.7 Å². The number of hydrogen-bond acceptors (Lipinski definition) is 4. The smallest absolute Gasteiger partial charge is 0.270 e. The Balaban J connectivity index is 1.48. The number of rotatable bonds is 8. The molecule has 6 nitrogen and oxygen atoms in total. The molecule has 0 N–H and O–H groups in total. The highest BCUT2D eigenvalue weighted by Crippen LogP contribution is 2.31. The molecule has 1 aromatic carbocycles. The minimum atomic E-state index is 0.0243. The molecular weight excluding hydrogens is 368 g/mol. The lowest BCUT2D eigenvalue weighted by Crippen LogP contribution is -2.31. The third kappa shape index (κ3) is 3.84. The van der Waals surface area contributed by atoms with Gasteiger partial charge in [-0.3, -0.25) is 4.79 Å². The summed E-state index contributed by atoms with van der Waals surface area (Å²) in [5.41, 5.74) is 3.59. The molecule has 0 saturated heterocycles. The van der Waals surface area contributed by atoms with E-state index in [0.717, 1.165) is 29.6 Å². The van der Waals surface area contributed by atoms with Crippen LogP contribution in [0.2, 0.25) is 0 Å². The van der Waals surface area contributed by atoms with Gasteiger partial charge < -0.3 is 23.4 Å². The quantitative estimate of drug-likeness (QED) is 0.567. The van der Waals surface area contributed by atoms with Crippen LogP contribution in [0, 0.1) is 5.92 Å². The van der Waals surface area contributed by atoms with Crippen LogP contribution in [0.15, 0.2) is 41.0 Å². The van der Waals surface area contributed by atoms with Gasteiger partial charge in [-0.25, -0.2) is 0 Å². The van der Waals surface area contributed by atoms with Crippen molar-refractivity contribution >= 4 is 17.0 Å². The molecule has 0 unspecified atom stereocenters. The lowest BCUT2D eigenvalue weighted by molar-refractivity contribution is 0.0784. The molecule has 2 aromatic heterocycles. The molecule has 1 aliphatic carbocycles. The average molecular weight is 396 g/mol. The molecule has 29 heavy (non-hydrogen) atoms. The Morgan fingerprint density at radius 3 is 2.66 bits per heavy atom. The predicted molar refractivity (Wildman–Crippen MR) is 112 cm³/mol. The van der Waals surface area contributed by atoms with E-state index in [1.807, 2.05) is 37.4 Å². The van der Waals surface area contributed by atoms with Gasteiger partial charge in [-0.15, -0.1) is 0 Å². The van der Waals surface area contributed by atoms with Crippen molar-refractivity contribution < 1.29 is 18.7 Å². The normalized spacial score (nSPS) is 14.0. The predicted octanol–water partition coefficient (Wildman–Crippen LogP) is 4.37. The van der Waals surface area contributed by atoms with Gasteiger partial charge in [-0.05, 0) is 42.9 Å². The summed E-state index contributed by atoms with van der Waals surface area (Å²) in [7, 11) is 5.10. The van der Waals surface area contributed by atoms with Crippen LogP contribution in [-0.4, -0.2) is 43.2 Å². The maximum atomic E-state index is 13.2. The van der Waals surface area contributed by atoms with Crippen LogP contribution in [0.5, 0.6) is 11.5 Å². The molecule has 0 spiro atoms. The first-order valence-corrected chi connectivity index (χ1v) is 10.1. The number of ether oxygens (including phenoxy) is 2. The first-order chi connectivity index (χ1) is 14.1. The van der Waals surface area contributed by atoms with E-state index in [9.17, 15) is 4.79 Å². The Hall–Kier alpha value is -2.89. The number of carbonyl (C=O) groups is 1. The first kappa shape index (κ1) is 19.4. The fraction of sp³-hybridized carbons (Fsp3) is 0.435. The Morgan fingerprint density at radius 1 is 1.17 bits per heavy atom. The molecule has 2 heterocycles. The standard InChI is InChI=1S/C23H28N2O4/c1-24(11-9-16-7-8-20(27-2)22(13-16)28-3)23(26)19-14-21-18(10-12-29-21)25(19)15-17-5-4-6-17/h7-8,10,12-14,17H,4-6,9,11,15H2,1-3H3. The van der Waals surface area contributed by atoms with Gasteiger partial charge in [0.1, 0.15) is 5.69 Å². The van der Waals surface area contributed by atoms with E-state index in [2.05, 4.69) is 4.57 Å². The molecule has 4 rings (SSSR count). The number of likely N-dealkylation sites (N-methyl/N-ethyl adjacent to an activating group) is 1. The zero-order valence-electron chi connectivity index (χ0n) is 17.3. The summed E-state index contributed by atoms with van der Waals surface area (Å²) in [6.45, 7) is 1.50. The van der Waals surface area contributed by atoms with Gasteiger partial charge in [0, 0.05) is 32.3 Å². The van der Waals surface area contributed by atoms with Crippen LogP contribution in [-0.2, 0) is 13.0 Å². The summed E-state index contributed by atoms with van der Waals surface area (Å²) in [6.07, 6.45) is 6.19. The van der Waals surface area contributed by atoms with Crippen molar-refractivity contribution in [3.8, 4) is 11.5 Å². The minimum Gasteiger partial charge on any atom is -0.493 e. The largest absolute Gasteiger partial charge is 0.493 e. The molecule has 1 amide bonds. The van der Waals surface area contributed by atoms with E-state index < -0.39 is 0 Å². The molecule has 0 aliphatic heterocycles. The van der Waals surface area contributed by atoms with E-state index in [4.69, 9.17) is 13.9 Å². The summed E-state index contributed by atoms with van der Waals surface area (Å²) in [5.74, 6) is 2.09. The van der Waals surface area contributed by atoms with Gasteiger partial charge in [0.05, 0.1) is 26.0 Å². The third-order valence-corrected chi connectivity index (χ3v) is 5.94. The molecule has 0 atom stereocenters. The summed E-state index contributed by atoms with van der Waals surface area (Å²) >= 11 is 0. The van der Waals surface area contributed by atoms with Crippen LogP contribution in [0.1, 0.15) is 35.3 Å². The van der Waals surface area contributed by atoms with Gasteiger partial charge in [-0.1, -0.05) is 12.5 Å². The van der Waals surface area contributed by atoms with Gasteiger partial charge in [-0.2, -0.15) is 0 Å². The van der Waals surface area contributed by atoms with Crippen molar-refractivity contribution in [2.45, 2.75) is 32.2 Å². The lowest BCUT2D eigenvalue weighted by atomic mass is 9.85. The maximum Gasteiger partial charge on any atom is 0.270 e. The summed E-state index contributed by atoms with van der Waals surface area (Å²) in [5, 5.41) is 0. The minimum absolute atomic E-state index is 0.0243. The molecule has 6 heteroatoms. The lowest BCUT2D eigenvalue weighted by Gasteiger charge is -2.27. The van der Waals surface area contributed by atoms with Crippen LogP contribution in [0.4, 0.5) is 0 Å². The Bertz CT molecular complexity index is 1000. The monoisotopic (exact) mass is 396 g/mol.